The number of rotatable bonds is 25. The highest BCUT2D eigenvalue weighted by atomic mass is 16.6. The summed E-state index contributed by atoms with van der Waals surface area (Å²) in [5.74, 6) is 2.84. The zero-order valence-corrected chi connectivity index (χ0v) is 71.2. The highest BCUT2D eigenvalue weighted by Gasteiger charge is 2.50. The van der Waals surface area contributed by atoms with Gasteiger partial charge in [0, 0.05) is 30.3 Å². The summed E-state index contributed by atoms with van der Waals surface area (Å²) in [5.41, 5.74) is -8.46. The van der Waals surface area contributed by atoms with Gasteiger partial charge in [-0.25, -0.2) is 0 Å². The quantitative estimate of drug-likeness (QED) is 0.0411. The van der Waals surface area contributed by atoms with Crippen LogP contribution >= 0.6 is 0 Å². The Morgan fingerprint density at radius 2 is 0.574 bits per heavy atom. The van der Waals surface area contributed by atoms with E-state index in [1.165, 1.54) is 0 Å². The molecule has 17 nitrogen and oxygen atoms in total. The van der Waals surface area contributed by atoms with Gasteiger partial charge in [0.25, 0.3) is 0 Å². The first kappa shape index (κ1) is 89.2. The number of benzene rings is 3. The van der Waals surface area contributed by atoms with Crippen LogP contribution in [0.1, 0.15) is 320 Å². The topological polar surface area (TPSA) is 196 Å². The van der Waals surface area contributed by atoms with E-state index in [4.69, 9.17) is 72.0 Å². The molecule has 2 atom stereocenters. The molecule has 4 N–H and O–H groups in total. The van der Waals surface area contributed by atoms with Crippen LogP contribution in [0.2, 0.25) is 0 Å². The maximum atomic E-state index is 14.6. The van der Waals surface area contributed by atoms with Crippen molar-refractivity contribution in [2.45, 2.75) is 393 Å². The van der Waals surface area contributed by atoms with Crippen LogP contribution in [0.3, 0.4) is 0 Å². The Bertz CT molecular complexity index is 3310. The van der Waals surface area contributed by atoms with Crippen molar-refractivity contribution in [3.63, 3.8) is 0 Å². The minimum absolute atomic E-state index is 0.00983. The standard InChI is InChI=1S/C84H141NO16/c1-51(88-69(3,4)5)65(98-77(27,28)29)63(84(85,87)64-67(100-79(33,34)35)59(95-75(21,22)23)50-60(96-76(24,25)26)68(64)101-80(36,37)38)66(99-78(30,31)32)52(2)89-81(39,40)44-45-82(41,42)97-58-49-54(91-71(9,10)11)48-57(94-74(18,19)20)62(58)83(43,86)61-55(92-72(12,13)14)46-53(90-70(6,7)8)47-56(61)93-73(15,16)17/h46-50,86-87H,1,44-45,85H2,2-43H3/b65-63-,66-52-/t83?,84-/m1/s1. The lowest BCUT2D eigenvalue weighted by Crippen LogP contribution is -2.45. The highest BCUT2D eigenvalue weighted by molar-refractivity contribution is 5.68. The third kappa shape index (κ3) is 29.9. The molecule has 0 amide bonds. The summed E-state index contributed by atoms with van der Waals surface area (Å²) in [6.45, 7) is 85.0. The molecule has 3 aromatic carbocycles. The fraction of sp³-hybridized carbons (Fsp3) is 0.714. The summed E-state index contributed by atoms with van der Waals surface area (Å²) < 4.78 is 97.4. The van der Waals surface area contributed by atoms with Gasteiger partial charge in [0.1, 0.15) is 124 Å². The molecule has 3 rings (SSSR count). The fourth-order valence-corrected chi connectivity index (χ4v) is 10.5. The Hall–Kier alpha value is -6.04. The molecular weight excluding hydrogens is 1280 g/mol. The minimum atomic E-state index is -2.79. The fourth-order valence-electron chi connectivity index (χ4n) is 10.5. The predicted octanol–water partition coefficient (Wildman–Crippen LogP) is 21.5. The smallest absolute Gasteiger partial charge is 0.181 e. The monoisotopic (exact) mass is 1420 g/mol. The number of hydrogen-bond acceptors (Lipinski definition) is 17. The summed E-state index contributed by atoms with van der Waals surface area (Å²) in [5, 5.41) is 28.6. The van der Waals surface area contributed by atoms with Gasteiger partial charge in [-0.05, 0) is 304 Å². The van der Waals surface area contributed by atoms with Gasteiger partial charge in [-0.3, -0.25) is 5.73 Å². The molecule has 101 heavy (non-hydrogen) atoms. The zero-order valence-electron chi connectivity index (χ0n) is 71.2. The van der Waals surface area contributed by atoms with Crippen LogP contribution in [0.4, 0.5) is 0 Å². The lowest BCUT2D eigenvalue weighted by molar-refractivity contribution is -0.0296. The third-order valence-electron chi connectivity index (χ3n) is 13.1. The molecule has 17 heteroatoms. The molecule has 0 heterocycles. The zero-order chi connectivity index (χ0) is 79.2. The average molecular weight is 1420 g/mol. The van der Waals surface area contributed by atoms with E-state index in [0.717, 1.165) is 0 Å². The van der Waals surface area contributed by atoms with Gasteiger partial charge in [-0.2, -0.15) is 0 Å². The largest absolute Gasteiger partial charge is 0.489 e. The lowest BCUT2D eigenvalue weighted by atomic mass is 9.84. The molecule has 1 unspecified atom stereocenters. The average Bonchev–Trinajstić information content (AvgIpc) is 0.736. The molecule has 0 aliphatic heterocycles. The first-order valence-corrected chi connectivity index (χ1v) is 35.9. The molecule has 0 radical (unpaired) electrons. The molecule has 0 aliphatic carbocycles. The molecule has 0 aromatic heterocycles. The maximum absolute atomic E-state index is 14.6. The van der Waals surface area contributed by atoms with Crippen molar-refractivity contribution in [3.05, 3.63) is 82.2 Å². The van der Waals surface area contributed by atoms with Gasteiger partial charge in [0.2, 0.25) is 0 Å². The third-order valence-corrected chi connectivity index (χ3v) is 13.1. The molecule has 0 aliphatic rings. The summed E-state index contributed by atoms with van der Waals surface area (Å²) in [7, 11) is 0. The van der Waals surface area contributed by atoms with Crippen molar-refractivity contribution in [2.24, 2.45) is 5.73 Å². The van der Waals surface area contributed by atoms with Crippen LogP contribution in [-0.2, 0) is 30.3 Å². The Kier molecular flexibility index (Phi) is 26.3. The van der Waals surface area contributed by atoms with E-state index in [-0.39, 0.29) is 62.9 Å². The van der Waals surface area contributed by atoms with E-state index in [9.17, 15) is 10.2 Å². The predicted molar refractivity (Wildman–Crippen MR) is 410 cm³/mol. The number of ether oxygens (including phenoxy) is 14. The number of nitrogens with two attached hydrogens (primary N) is 1. The first-order chi connectivity index (χ1) is 44.3. The minimum Gasteiger partial charge on any atom is -0.489 e. The van der Waals surface area contributed by atoms with Gasteiger partial charge in [0.15, 0.2) is 46.0 Å². The van der Waals surface area contributed by atoms with E-state index < -0.39 is 89.7 Å². The van der Waals surface area contributed by atoms with Crippen LogP contribution in [0, 0.1) is 0 Å². The van der Waals surface area contributed by atoms with E-state index in [1.807, 2.05) is 277 Å². The Balaban J connectivity index is 2.73. The van der Waals surface area contributed by atoms with E-state index in [2.05, 4.69) is 6.58 Å². The van der Waals surface area contributed by atoms with Gasteiger partial charge >= 0.3 is 0 Å². The van der Waals surface area contributed by atoms with Gasteiger partial charge < -0.3 is 76.5 Å². The summed E-state index contributed by atoms with van der Waals surface area (Å²) in [6, 6.07) is 8.93. The molecule has 0 saturated carbocycles. The Morgan fingerprint density at radius 3 is 0.861 bits per heavy atom. The van der Waals surface area contributed by atoms with Crippen molar-refractivity contribution < 1.29 is 76.5 Å². The van der Waals surface area contributed by atoms with E-state index >= 15 is 0 Å². The second-order valence-corrected chi connectivity index (χ2v) is 40.1. The number of aliphatic hydroxyl groups is 2. The molecule has 578 valence electrons. The van der Waals surface area contributed by atoms with Crippen LogP contribution in [-0.4, -0.2) is 88.6 Å². The normalized spacial score (nSPS) is 15.6. The van der Waals surface area contributed by atoms with Gasteiger partial charge in [-0.15, -0.1) is 0 Å². The van der Waals surface area contributed by atoms with Crippen molar-refractivity contribution in [1.82, 2.24) is 0 Å². The molecule has 0 spiro atoms. The number of allylic oxidation sites excluding steroid dienone is 1. The maximum Gasteiger partial charge on any atom is 0.181 e. The second-order valence-electron chi connectivity index (χ2n) is 40.1. The summed E-state index contributed by atoms with van der Waals surface area (Å²) in [6.07, 6.45) is 0.678. The first-order valence-electron chi connectivity index (χ1n) is 35.9. The van der Waals surface area contributed by atoms with Crippen LogP contribution in [0.5, 0.6) is 57.5 Å². The second kappa shape index (κ2) is 29.8. The van der Waals surface area contributed by atoms with Crippen LogP contribution in [0.15, 0.2) is 65.5 Å². The van der Waals surface area contributed by atoms with E-state index in [0.29, 0.717) is 52.7 Å². The molecule has 0 saturated heterocycles. The molecule has 3 aromatic rings. The van der Waals surface area contributed by atoms with Crippen molar-refractivity contribution in [1.29, 1.82) is 0 Å². The van der Waals surface area contributed by atoms with Gasteiger partial charge in [-0.1, -0.05) is 6.58 Å². The molecule has 0 bridgehead atoms. The number of hydrogen-bond donors (Lipinski definition) is 3. The Labute approximate surface area is 612 Å². The van der Waals surface area contributed by atoms with E-state index in [1.54, 1.807) is 44.2 Å². The van der Waals surface area contributed by atoms with Crippen molar-refractivity contribution in [3.8, 4) is 57.5 Å². The Morgan fingerprint density at radius 1 is 0.307 bits per heavy atom. The van der Waals surface area contributed by atoms with Crippen molar-refractivity contribution in [2.75, 3.05) is 0 Å². The summed E-state index contributed by atoms with van der Waals surface area (Å²) >= 11 is 0. The molecular formula is C84H141NO16. The van der Waals surface area contributed by atoms with Crippen molar-refractivity contribution >= 4 is 0 Å². The van der Waals surface area contributed by atoms with Crippen LogP contribution in [0.25, 0.3) is 0 Å². The highest BCUT2D eigenvalue weighted by Crippen LogP contribution is 2.57. The van der Waals surface area contributed by atoms with Crippen LogP contribution < -0.4 is 53.1 Å². The summed E-state index contributed by atoms with van der Waals surface area (Å²) in [4.78, 5) is 0. The van der Waals surface area contributed by atoms with Gasteiger partial charge in [0.05, 0.1) is 22.3 Å². The SMILES string of the molecule is C=C(OC(C)(C)C)/C(OC(C)(C)C)=C(\C(OC(C)(C)C)=C(/C)OC(C)(C)CCC(C)(C)Oc1cc(OC(C)(C)C)cc(OC(C)(C)C)c1C(C)(O)c1c(OC(C)(C)C)cc(OC(C)(C)C)cc1OC(C)(C)C)[C@@](N)(O)c1c(OC(C)(C)C)c(OC(C)(C)C)cc(OC(C)(C)C)c1OC(C)(C)C. The molecule has 0 fully saturated rings. The lowest BCUT2D eigenvalue weighted by Gasteiger charge is -2.40.